The van der Waals surface area contributed by atoms with Gasteiger partial charge in [-0.05, 0) is 6.92 Å². The zero-order valence-corrected chi connectivity index (χ0v) is 10.1. The van der Waals surface area contributed by atoms with Crippen molar-refractivity contribution in [3.05, 3.63) is 5.01 Å². The maximum atomic E-state index is 11.2. The SMILES string of the molecule is CCOC(=O)c1nnc(SC(C)CO)s1. The molecule has 1 unspecified atom stereocenters. The van der Waals surface area contributed by atoms with Gasteiger partial charge in [0.25, 0.3) is 0 Å². The number of nitrogens with zero attached hydrogens (tertiary/aromatic N) is 2. The second kappa shape index (κ2) is 6.04. The highest BCUT2D eigenvalue weighted by atomic mass is 32.2. The van der Waals surface area contributed by atoms with Crippen molar-refractivity contribution in [2.75, 3.05) is 13.2 Å². The third kappa shape index (κ3) is 3.77. The van der Waals surface area contributed by atoms with Gasteiger partial charge in [0.15, 0.2) is 4.34 Å². The van der Waals surface area contributed by atoms with Crippen molar-refractivity contribution < 1.29 is 14.6 Å². The molecule has 1 aromatic heterocycles. The van der Waals surface area contributed by atoms with Gasteiger partial charge in [-0.25, -0.2) is 4.79 Å². The lowest BCUT2D eigenvalue weighted by atomic mass is 10.5. The Bertz CT molecular complexity index is 329. The molecule has 0 aromatic carbocycles. The average Bonchev–Trinajstić information content (AvgIpc) is 2.66. The van der Waals surface area contributed by atoms with Crippen LogP contribution in [0.15, 0.2) is 4.34 Å². The van der Waals surface area contributed by atoms with Crippen LogP contribution < -0.4 is 0 Å². The van der Waals surface area contributed by atoms with Crippen LogP contribution in [-0.4, -0.2) is 39.7 Å². The van der Waals surface area contributed by atoms with E-state index in [1.165, 1.54) is 23.1 Å². The normalized spacial score (nSPS) is 12.5. The molecule has 84 valence electrons. The molecule has 7 heteroatoms. The number of ether oxygens (including phenoxy) is 1. The number of carbonyl (C=O) groups excluding carboxylic acids is 1. The first-order chi connectivity index (χ1) is 7.17. The Morgan fingerprint density at radius 1 is 1.67 bits per heavy atom. The molecule has 0 saturated heterocycles. The molecule has 0 amide bonds. The van der Waals surface area contributed by atoms with E-state index in [1.54, 1.807) is 6.92 Å². The number of esters is 1. The Kier molecular flexibility index (Phi) is 5.00. The molecule has 0 spiro atoms. The van der Waals surface area contributed by atoms with Gasteiger partial charge in [-0.1, -0.05) is 30.0 Å². The third-order valence-corrected chi connectivity index (χ3v) is 3.49. The number of carbonyl (C=O) groups is 1. The van der Waals surface area contributed by atoms with E-state index in [2.05, 4.69) is 10.2 Å². The van der Waals surface area contributed by atoms with Gasteiger partial charge in [-0.2, -0.15) is 0 Å². The fraction of sp³-hybridized carbons (Fsp3) is 0.625. The Morgan fingerprint density at radius 2 is 2.40 bits per heavy atom. The number of thioether (sulfide) groups is 1. The first-order valence-electron chi connectivity index (χ1n) is 4.45. The predicted molar refractivity (Wildman–Crippen MR) is 58.3 cm³/mol. The number of aromatic nitrogens is 2. The van der Waals surface area contributed by atoms with Crippen LogP contribution in [0.5, 0.6) is 0 Å². The summed E-state index contributed by atoms with van der Waals surface area (Å²) < 4.78 is 5.45. The molecule has 0 bridgehead atoms. The Morgan fingerprint density at radius 3 is 3.00 bits per heavy atom. The summed E-state index contributed by atoms with van der Waals surface area (Å²) in [5.41, 5.74) is 0. The van der Waals surface area contributed by atoms with Crippen LogP contribution in [0.2, 0.25) is 0 Å². The third-order valence-electron chi connectivity index (χ3n) is 1.42. The molecule has 5 nitrogen and oxygen atoms in total. The summed E-state index contributed by atoms with van der Waals surface area (Å²) in [6.07, 6.45) is 0. The lowest BCUT2D eigenvalue weighted by Gasteiger charge is -2.01. The fourth-order valence-corrected chi connectivity index (χ4v) is 2.64. The lowest BCUT2D eigenvalue weighted by molar-refractivity contribution is 0.0525. The summed E-state index contributed by atoms with van der Waals surface area (Å²) in [5, 5.41) is 16.7. The van der Waals surface area contributed by atoms with E-state index >= 15 is 0 Å². The van der Waals surface area contributed by atoms with E-state index < -0.39 is 5.97 Å². The molecule has 0 aliphatic rings. The second-order valence-corrected chi connectivity index (χ2v) is 5.37. The molecular formula is C8H12N2O3S2. The summed E-state index contributed by atoms with van der Waals surface area (Å²) >= 11 is 2.57. The van der Waals surface area contributed by atoms with Crippen LogP contribution in [0.1, 0.15) is 23.6 Å². The van der Waals surface area contributed by atoms with Gasteiger partial charge >= 0.3 is 5.97 Å². The van der Waals surface area contributed by atoms with Gasteiger partial charge in [0.2, 0.25) is 5.01 Å². The molecule has 15 heavy (non-hydrogen) atoms. The zero-order chi connectivity index (χ0) is 11.3. The smallest absolute Gasteiger partial charge is 0.369 e. The maximum Gasteiger partial charge on any atom is 0.369 e. The van der Waals surface area contributed by atoms with Crippen LogP contribution in [0, 0.1) is 0 Å². The highest BCUT2D eigenvalue weighted by Gasteiger charge is 2.15. The summed E-state index contributed by atoms with van der Waals surface area (Å²) in [5.74, 6) is -0.446. The summed E-state index contributed by atoms with van der Waals surface area (Å²) in [6, 6.07) is 0. The highest BCUT2D eigenvalue weighted by Crippen LogP contribution is 2.26. The molecule has 1 N–H and O–H groups in total. The average molecular weight is 248 g/mol. The van der Waals surface area contributed by atoms with E-state index in [0.29, 0.717) is 10.9 Å². The summed E-state index contributed by atoms with van der Waals surface area (Å²) in [4.78, 5) is 11.2. The highest BCUT2D eigenvalue weighted by molar-refractivity contribution is 8.01. The van der Waals surface area contributed by atoms with Gasteiger partial charge in [0.05, 0.1) is 13.2 Å². The molecule has 0 aliphatic heterocycles. The van der Waals surface area contributed by atoms with Gasteiger partial charge in [0, 0.05) is 5.25 Å². The number of hydrogen-bond acceptors (Lipinski definition) is 7. The molecular weight excluding hydrogens is 236 g/mol. The quantitative estimate of drug-likeness (QED) is 0.623. The Hall–Kier alpha value is -0.660. The van der Waals surface area contributed by atoms with Crippen molar-refractivity contribution in [1.29, 1.82) is 0 Å². The van der Waals surface area contributed by atoms with Crippen molar-refractivity contribution in [2.45, 2.75) is 23.4 Å². The number of aliphatic hydroxyl groups excluding tert-OH is 1. The zero-order valence-electron chi connectivity index (χ0n) is 8.47. The monoisotopic (exact) mass is 248 g/mol. The van der Waals surface area contributed by atoms with E-state index in [4.69, 9.17) is 9.84 Å². The largest absolute Gasteiger partial charge is 0.461 e. The Balaban J connectivity index is 2.59. The van der Waals surface area contributed by atoms with E-state index in [9.17, 15) is 4.79 Å². The van der Waals surface area contributed by atoms with Gasteiger partial charge in [0.1, 0.15) is 0 Å². The molecule has 0 saturated carbocycles. The molecule has 0 radical (unpaired) electrons. The number of hydrogen-bond donors (Lipinski definition) is 1. The van der Waals surface area contributed by atoms with Gasteiger partial charge in [-0.3, -0.25) is 0 Å². The van der Waals surface area contributed by atoms with Crippen molar-refractivity contribution in [2.24, 2.45) is 0 Å². The molecule has 1 atom stereocenters. The van der Waals surface area contributed by atoms with E-state index in [1.807, 2.05) is 6.92 Å². The van der Waals surface area contributed by atoms with Crippen LogP contribution in [0.3, 0.4) is 0 Å². The molecule has 0 aliphatic carbocycles. The maximum absolute atomic E-state index is 11.2. The minimum atomic E-state index is -0.446. The summed E-state index contributed by atoms with van der Waals surface area (Å²) in [6.45, 7) is 4.01. The molecule has 1 aromatic rings. The first-order valence-corrected chi connectivity index (χ1v) is 6.15. The topological polar surface area (TPSA) is 72.3 Å². The predicted octanol–water partition coefficient (Wildman–Crippen LogP) is 1.19. The van der Waals surface area contributed by atoms with Crippen molar-refractivity contribution in [3.63, 3.8) is 0 Å². The van der Waals surface area contributed by atoms with Crippen molar-refractivity contribution in [1.82, 2.24) is 10.2 Å². The second-order valence-electron chi connectivity index (χ2n) is 2.70. The fourth-order valence-electron chi connectivity index (χ4n) is 0.742. The lowest BCUT2D eigenvalue weighted by Crippen LogP contribution is -2.03. The molecule has 0 fully saturated rings. The van der Waals surface area contributed by atoms with Crippen LogP contribution in [0.25, 0.3) is 0 Å². The van der Waals surface area contributed by atoms with Crippen molar-refractivity contribution in [3.8, 4) is 0 Å². The van der Waals surface area contributed by atoms with Gasteiger partial charge in [-0.15, -0.1) is 10.2 Å². The van der Waals surface area contributed by atoms with Crippen LogP contribution >= 0.6 is 23.1 Å². The molecule has 1 rings (SSSR count). The first kappa shape index (κ1) is 12.4. The molecule has 1 heterocycles. The van der Waals surface area contributed by atoms with E-state index in [0.717, 1.165) is 0 Å². The standard InChI is InChI=1S/C8H12N2O3S2/c1-3-13-7(12)6-9-10-8(15-6)14-5(2)4-11/h5,11H,3-4H2,1-2H3. The summed E-state index contributed by atoms with van der Waals surface area (Å²) in [7, 11) is 0. The minimum absolute atomic E-state index is 0.0491. The minimum Gasteiger partial charge on any atom is -0.461 e. The number of rotatable bonds is 5. The van der Waals surface area contributed by atoms with Crippen LogP contribution in [-0.2, 0) is 4.74 Å². The van der Waals surface area contributed by atoms with Crippen molar-refractivity contribution >= 4 is 29.1 Å². The Labute approximate surface area is 95.9 Å². The van der Waals surface area contributed by atoms with E-state index in [-0.39, 0.29) is 16.9 Å². The number of aliphatic hydroxyl groups is 1. The van der Waals surface area contributed by atoms with Crippen LogP contribution in [0.4, 0.5) is 0 Å². The van der Waals surface area contributed by atoms with Gasteiger partial charge < -0.3 is 9.84 Å².